The topological polar surface area (TPSA) is 91.9 Å². The predicted octanol–water partition coefficient (Wildman–Crippen LogP) is 4.42. The highest BCUT2D eigenvalue weighted by Crippen LogP contribution is 2.33. The van der Waals surface area contributed by atoms with Gasteiger partial charge in [0.05, 0.1) is 26.0 Å². The largest absolute Gasteiger partial charge is 0.453 e. The molecule has 0 aromatic heterocycles. The lowest BCUT2D eigenvalue weighted by molar-refractivity contribution is -0.00882. The molecule has 1 fully saturated rings. The zero-order valence-electron chi connectivity index (χ0n) is 21.9. The Morgan fingerprint density at radius 3 is 2.71 bits per heavy atom. The third-order valence-electron chi connectivity index (χ3n) is 6.27. The number of hydrogen-bond acceptors (Lipinski definition) is 5. The molecule has 1 heterocycles. The first-order chi connectivity index (χ1) is 16.6. The van der Waals surface area contributed by atoms with Crippen molar-refractivity contribution >= 4 is 12.1 Å². The fourth-order valence-corrected chi connectivity index (χ4v) is 4.41. The lowest BCUT2D eigenvalue weighted by atomic mass is 9.88. The van der Waals surface area contributed by atoms with Gasteiger partial charge in [0.15, 0.2) is 0 Å². The molecule has 0 spiro atoms. The van der Waals surface area contributed by atoms with Gasteiger partial charge in [-0.15, -0.1) is 0 Å². The molecular weight excluding hydrogens is 451 g/mol. The van der Waals surface area contributed by atoms with Gasteiger partial charge >= 0.3 is 12.1 Å². The molecule has 0 aliphatic carbocycles. The van der Waals surface area contributed by atoms with Crippen molar-refractivity contribution in [2.45, 2.75) is 65.1 Å². The zero-order valence-corrected chi connectivity index (χ0v) is 21.9. The number of amides is 3. The van der Waals surface area contributed by atoms with E-state index < -0.39 is 12.2 Å². The van der Waals surface area contributed by atoms with Crippen molar-refractivity contribution in [3.05, 3.63) is 35.6 Å². The molecule has 2 rings (SSSR count). The highest BCUT2D eigenvalue weighted by Gasteiger charge is 2.32. The molecule has 0 bridgehead atoms. The van der Waals surface area contributed by atoms with Crippen LogP contribution in [0, 0.1) is 17.2 Å². The molecule has 3 atom stereocenters. The highest BCUT2D eigenvalue weighted by atomic mass is 19.1. The van der Waals surface area contributed by atoms with Crippen molar-refractivity contribution in [3.63, 3.8) is 0 Å². The summed E-state index contributed by atoms with van der Waals surface area (Å²) in [6, 6.07) is 6.28. The van der Waals surface area contributed by atoms with Gasteiger partial charge in [0.1, 0.15) is 5.82 Å². The van der Waals surface area contributed by atoms with E-state index >= 15 is 0 Å². The minimum absolute atomic E-state index is 0.00310. The first kappa shape index (κ1) is 28.8. The molecule has 1 aliphatic rings. The van der Waals surface area contributed by atoms with Gasteiger partial charge in [-0.1, -0.05) is 32.9 Å². The smallest absolute Gasteiger partial charge is 0.406 e. The summed E-state index contributed by atoms with van der Waals surface area (Å²) in [5.41, 5.74) is 0.992. The number of hydrogen-bond donors (Lipinski definition) is 3. The molecule has 1 aliphatic heterocycles. The molecule has 8 nitrogen and oxygen atoms in total. The van der Waals surface area contributed by atoms with Gasteiger partial charge in [-0.2, -0.15) is 0 Å². The van der Waals surface area contributed by atoms with Crippen LogP contribution >= 0.6 is 0 Å². The number of likely N-dealkylation sites (tertiary alicyclic amines) is 1. The van der Waals surface area contributed by atoms with Gasteiger partial charge in [0.25, 0.3) is 0 Å². The average Bonchev–Trinajstić information content (AvgIpc) is 2.82. The molecule has 1 unspecified atom stereocenters. The monoisotopic (exact) mass is 494 g/mol. The van der Waals surface area contributed by atoms with Gasteiger partial charge in [0, 0.05) is 25.6 Å². The Kier molecular flexibility index (Phi) is 11.7. The molecule has 3 amide bonds. The standard InChI is InChI=1S/C26H43FN4O4/c1-26(2,3)13-7-12-22(28-4)30-24(32)31-15-8-10-20(18-31)23(19-9-6-11-21(27)17-19)35-16-14-29-25(33)34-5/h6,9,11,17,20,22-23,28H,7-8,10,12-16,18H2,1-5H3,(H,29,33)(H,30,32)/t20-,22+,23?/m1/s1. The fourth-order valence-electron chi connectivity index (χ4n) is 4.41. The number of benzene rings is 1. The van der Waals surface area contributed by atoms with Gasteiger partial charge in [-0.3, -0.25) is 0 Å². The first-order valence-corrected chi connectivity index (χ1v) is 12.5. The third-order valence-corrected chi connectivity index (χ3v) is 6.27. The SMILES string of the molecule is CN[C@H](CCCC(C)(C)C)NC(=O)N1CCC[C@@H](C(OCCNC(=O)OC)c2cccc(F)c2)C1. The number of ether oxygens (including phenoxy) is 2. The molecule has 9 heteroatoms. The number of alkyl carbamates (subject to hydrolysis) is 1. The number of nitrogens with zero attached hydrogens (tertiary/aromatic N) is 1. The number of halogens is 1. The Morgan fingerprint density at radius 2 is 2.06 bits per heavy atom. The number of piperidine rings is 1. The van der Waals surface area contributed by atoms with E-state index in [9.17, 15) is 14.0 Å². The summed E-state index contributed by atoms with van der Waals surface area (Å²) in [6.45, 7) is 8.35. The van der Waals surface area contributed by atoms with Crippen LogP contribution in [0.3, 0.4) is 0 Å². The van der Waals surface area contributed by atoms with E-state index in [0.29, 0.717) is 13.1 Å². The number of carbonyl (C=O) groups is 2. The Hall–Kier alpha value is -2.39. The maximum Gasteiger partial charge on any atom is 0.406 e. The van der Waals surface area contributed by atoms with Crippen LogP contribution in [0.5, 0.6) is 0 Å². The number of carbonyl (C=O) groups excluding carboxylic acids is 2. The predicted molar refractivity (Wildman–Crippen MR) is 134 cm³/mol. The van der Waals surface area contributed by atoms with Crippen LogP contribution in [0.2, 0.25) is 0 Å². The van der Waals surface area contributed by atoms with E-state index in [-0.39, 0.29) is 42.5 Å². The van der Waals surface area contributed by atoms with Crippen LogP contribution in [0.25, 0.3) is 0 Å². The van der Waals surface area contributed by atoms with E-state index in [1.807, 2.05) is 18.0 Å². The Bertz CT molecular complexity index is 802. The summed E-state index contributed by atoms with van der Waals surface area (Å²) in [7, 11) is 3.16. The van der Waals surface area contributed by atoms with E-state index in [4.69, 9.17) is 4.74 Å². The van der Waals surface area contributed by atoms with E-state index in [0.717, 1.165) is 37.7 Å². The molecule has 1 aromatic rings. The molecule has 198 valence electrons. The first-order valence-electron chi connectivity index (χ1n) is 12.5. The maximum absolute atomic E-state index is 14.0. The van der Waals surface area contributed by atoms with Crippen LogP contribution in [-0.4, -0.2) is 63.6 Å². The maximum atomic E-state index is 14.0. The second-order valence-electron chi connectivity index (χ2n) is 10.4. The minimum atomic E-state index is -0.530. The van der Waals surface area contributed by atoms with E-state index in [1.54, 1.807) is 6.07 Å². The number of rotatable bonds is 11. The van der Waals surface area contributed by atoms with Gasteiger partial charge < -0.3 is 30.3 Å². The zero-order chi connectivity index (χ0) is 25.8. The summed E-state index contributed by atoms with van der Waals surface area (Å²) in [5, 5.41) is 8.91. The van der Waals surface area contributed by atoms with Gasteiger partial charge in [0.2, 0.25) is 0 Å². The minimum Gasteiger partial charge on any atom is -0.453 e. The fraction of sp³-hybridized carbons (Fsp3) is 0.692. The number of methoxy groups -OCH3 is 1. The number of urea groups is 1. The lowest BCUT2D eigenvalue weighted by Crippen LogP contribution is -2.52. The van der Waals surface area contributed by atoms with E-state index in [1.165, 1.54) is 19.2 Å². The van der Waals surface area contributed by atoms with Gasteiger partial charge in [-0.25, -0.2) is 14.0 Å². The Morgan fingerprint density at radius 1 is 1.29 bits per heavy atom. The summed E-state index contributed by atoms with van der Waals surface area (Å²) < 4.78 is 24.7. The van der Waals surface area contributed by atoms with Crippen molar-refractivity contribution in [2.75, 3.05) is 40.4 Å². The molecule has 1 saturated heterocycles. The highest BCUT2D eigenvalue weighted by molar-refractivity contribution is 5.74. The molecule has 3 N–H and O–H groups in total. The lowest BCUT2D eigenvalue weighted by Gasteiger charge is -2.37. The molecule has 1 aromatic carbocycles. The normalized spacial score (nSPS) is 18.0. The van der Waals surface area contributed by atoms with Crippen LogP contribution in [0.4, 0.5) is 14.0 Å². The van der Waals surface area contributed by atoms with E-state index in [2.05, 4.69) is 41.5 Å². The van der Waals surface area contributed by atoms with Crippen molar-refractivity contribution in [1.82, 2.24) is 20.9 Å². The molecule has 0 saturated carbocycles. The van der Waals surface area contributed by atoms with Crippen LogP contribution < -0.4 is 16.0 Å². The van der Waals surface area contributed by atoms with Crippen LogP contribution in [0.15, 0.2) is 24.3 Å². The summed E-state index contributed by atoms with van der Waals surface area (Å²) in [6.07, 6.45) is 3.64. The van der Waals surface area contributed by atoms with Crippen LogP contribution in [0.1, 0.15) is 64.5 Å². The summed E-state index contributed by atoms with van der Waals surface area (Å²) in [4.78, 5) is 26.2. The Balaban J connectivity index is 2.00. The summed E-state index contributed by atoms with van der Waals surface area (Å²) in [5.74, 6) is -0.329. The second kappa shape index (κ2) is 14.2. The summed E-state index contributed by atoms with van der Waals surface area (Å²) >= 11 is 0. The van der Waals surface area contributed by atoms with Crippen molar-refractivity contribution in [3.8, 4) is 0 Å². The second-order valence-corrected chi connectivity index (χ2v) is 10.4. The average molecular weight is 495 g/mol. The van der Waals surface area contributed by atoms with Crippen molar-refractivity contribution < 1.29 is 23.5 Å². The molecular formula is C26H43FN4O4. The third kappa shape index (κ3) is 10.4. The van der Waals surface area contributed by atoms with Crippen LogP contribution in [-0.2, 0) is 9.47 Å². The quantitative estimate of drug-likeness (QED) is 0.313. The molecule has 0 radical (unpaired) electrons. The van der Waals surface area contributed by atoms with Gasteiger partial charge in [-0.05, 0) is 62.3 Å². The Labute approximate surface area is 209 Å². The number of nitrogens with one attached hydrogen (secondary N) is 3. The molecule has 35 heavy (non-hydrogen) atoms. The van der Waals surface area contributed by atoms with Crippen molar-refractivity contribution in [2.24, 2.45) is 11.3 Å². The van der Waals surface area contributed by atoms with Crippen molar-refractivity contribution in [1.29, 1.82) is 0 Å².